The fraction of sp³-hybridized carbons (Fsp3) is 0.750. The van der Waals surface area contributed by atoms with Crippen molar-refractivity contribution in [2.24, 2.45) is 5.92 Å². The number of aliphatic carboxylic acids is 1. The lowest BCUT2D eigenvalue weighted by Gasteiger charge is -2.20. The smallest absolute Gasteiger partial charge is 0.308 e. The molecule has 2 fully saturated rings. The molecule has 0 aromatic carbocycles. The fourth-order valence-corrected chi connectivity index (χ4v) is 3.26. The first-order valence-corrected chi connectivity index (χ1v) is 6.49. The van der Waals surface area contributed by atoms with Gasteiger partial charge >= 0.3 is 5.97 Å². The van der Waals surface area contributed by atoms with Crippen molar-refractivity contribution in [1.29, 1.82) is 0 Å². The van der Waals surface area contributed by atoms with E-state index in [9.17, 15) is 9.90 Å². The lowest BCUT2D eigenvalue weighted by atomic mass is 9.89. The number of carbonyl (C=O) groups is 1. The highest BCUT2D eigenvalue weighted by atomic mass is 16.4. The third-order valence-corrected chi connectivity index (χ3v) is 4.13. The van der Waals surface area contributed by atoms with Gasteiger partial charge in [0.05, 0.1) is 12.5 Å². The van der Waals surface area contributed by atoms with Crippen LogP contribution in [0.1, 0.15) is 38.0 Å². The summed E-state index contributed by atoms with van der Waals surface area (Å²) in [6, 6.07) is 0.512. The SMILES string of the molecule is CCc1nnc(CN2C3CCC2C(C(=O)O)C3)o1. The van der Waals surface area contributed by atoms with E-state index < -0.39 is 5.97 Å². The van der Waals surface area contributed by atoms with Crippen LogP contribution >= 0.6 is 0 Å². The number of carboxylic acids is 1. The van der Waals surface area contributed by atoms with E-state index in [1.807, 2.05) is 6.92 Å². The van der Waals surface area contributed by atoms with Crippen LogP contribution in [0.3, 0.4) is 0 Å². The number of hydrogen-bond acceptors (Lipinski definition) is 5. The third kappa shape index (κ3) is 1.80. The number of nitrogens with zero attached hydrogens (tertiary/aromatic N) is 3. The van der Waals surface area contributed by atoms with Crippen molar-refractivity contribution in [3.05, 3.63) is 11.8 Å². The number of hydrogen-bond donors (Lipinski definition) is 1. The van der Waals surface area contributed by atoms with Gasteiger partial charge in [-0.2, -0.15) is 0 Å². The molecule has 18 heavy (non-hydrogen) atoms. The summed E-state index contributed by atoms with van der Waals surface area (Å²) in [5.74, 6) is 0.352. The largest absolute Gasteiger partial charge is 0.481 e. The van der Waals surface area contributed by atoms with Crippen LogP contribution in [0, 0.1) is 5.92 Å². The van der Waals surface area contributed by atoms with Crippen LogP contribution in [0.5, 0.6) is 0 Å². The van der Waals surface area contributed by atoms with Crippen molar-refractivity contribution in [2.45, 2.75) is 51.2 Å². The Labute approximate surface area is 105 Å². The maximum absolute atomic E-state index is 11.2. The molecule has 6 heteroatoms. The van der Waals surface area contributed by atoms with Gasteiger partial charge in [-0.15, -0.1) is 10.2 Å². The van der Waals surface area contributed by atoms with Crippen molar-refractivity contribution in [3.8, 4) is 0 Å². The lowest BCUT2D eigenvalue weighted by Crippen LogP contribution is -2.32. The Hall–Kier alpha value is -1.43. The Kier molecular flexibility index (Phi) is 2.81. The van der Waals surface area contributed by atoms with Crippen molar-refractivity contribution in [1.82, 2.24) is 15.1 Å². The zero-order valence-corrected chi connectivity index (χ0v) is 10.4. The minimum absolute atomic E-state index is 0.143. The highest BCUT2D eigenvalue weighted by Crippen LogP contribution is 2.42. The second kappa shape index (κ2) is 4.35. The van der Waals surface area contributed by atoms with Crippen LogP contribution in [-0.2, 0) is 17.8 Å². The molecular formula is C12H17N3O3. The molecule has 1 aromatic rings. The second-order valence-corrected chi connectivity index (χ2v) is 5.09. The first-order chi connectivity index (χ1) is 8.69. The zero-order valence-electron chi connectivity index (χ0n) is 10.4. The van der Waals surface area contributed by atoms with Gasteiger partial charge in [0.25, 0.3) is 0 Å². The van der Waals surface area contributed by atoms with Gasteiger partial charge in [0.2, 0.25) is 11.8 Å². The quantitative estimate of drug-likeness (QED) is 0.862. The van der Waals surface area contributed by atoms with Crippen LogP contribution in [0.25, 0.3) is 0 Å². The highest BCUT2D eigenvalue weighted by molar-refractivity contribution is 5.71. The van der Waals surface area contributed by atoms with Gasteiger partial charge in [-0.1, -0.05) is 6.92 Å². The molecule has 0 spiro atoms. The summed E-state index contributed by atoms with van der Waals surface area (Å²) in [4.78, 5) is 13.4. The Morgan fingerprint density at radius 3 is 2.83 bits per heavy atom. The maximum atomic E-state index is 11.2. The predicted octanol–water partition coefficient (Wildman–Crippen LogP) is 1.07. The van der Waals surface area contributed by atoms with Gasteiger partial charge in [0, 0.05) is 18.5 Å². The van der Waals surface area contributed by atoms with E-state index in [0.717, 1.165) is 25.7 Å². The van der Waals surface area contributed by atoms with Crippen molar-refractivity contribution in [3.63, 3.8) is 0 Å². The monoisotopic (exact) mass is 251 g/mol. The Balaban J connectivity index is 1.72. The summed E-state index contributed by atoms with van der Waals surface area (Å²) in [6.07, 6.45) is 3.55. The molecule has 2 aliphatic rings. The molecule has 2 saturated heterocycles. The number of carboxylic acid groups (broad SMARTS) is 1. The predicted molar refractivity (Wildman–Crippen MR) is 61.8 cm³/mol. The van der Waals surface area contributed by atoms with Gasteiger partial charge in [0.15, 0.2) is 0 Å². The van der Waals surface area contributed by atoms with E-state index in [4.69, 9.17) is 4.42 Å². The molecule has 3 heterocycles. The Morgan fingerprint density at radius 1 is 1.44 bits per heavy atom. The normalized spacial score (nSPS) is 31.1. The molecule has 2 bridgehead atoms. The van der Waals surface area contributed by atoms with E-state index in [1.165, 1.54) is 0 Å². The van der Waals surface area contributed by atoms with Crippen LogP contribution < -0.4 is 0 Å². The Bertz CT molecular complexity index is 459. The van der Waals surface area contributed by atoms with E-state index in [2.05, 4.69) is 15.1 Å². The van der Waals surface area contributed by atoms with Crippen LogP contribution in [0.15, 0.2) is 4.42 Å². The average molecular weight is 251 g/mol. The number of rotatable bonds is 4. The van der Waals surface area contributed by atoms with Crippen molar-refractivity contribution >= 4 is 5.97 Å². The molecule has 3 unspecified atom stereocenters. The van der Waals surface area contributed by atoms with Crippen LogP contribution in [0.2, 0.25) is 0 Å². The number of aromatic nitrogens is 2. The minimum Gasteiger partial charge on any atom is -0.481 e. The van der Waals surface area contributed by atoms with Gasteiger partial charge in [0.1, 0.15) is 0 Å². The molecule has 6 nitrogen and oxygen atoms in total. The first kappa shape index (κ1) is 11.6. The molecule has 3 rings (SSSR count). The van der Waals surface area contributed by atoms with Gasteiger partial charge in [-0.25, -0.2) is 0 Å². The highest BCUT2D eigenvalue weighted by Gasteiger charge is 2.49. The average Bonchev–Trinajstić information content (AvgIpc) is 3.05. The van der Waals surface area contributed by atoms with Crippen LogP contribution in [-0.4, -0.2) is 38.3 Å². The molecule has 2 aliphatic heterocycles. The standard InChI is InChI=1S/C12H17N3O3/c1-2-10-13-14-11(18-10)6-15-7-3-4-9(15)8(5-7)12(16)17/h7-9H,2-6H2,1H3,(H,16,17). The zero-order chi connectivity index (χ0) is 12.7. The molecule has 0 aliphatic carbocycles. The first-order valence-electron chi connectivity index (χ1n) is 6.49. The summed E-state index contributed by atoms with van der Waals surface area (Å²) in [5.41, 5.74) is 0. The summed E-state index contributed by atoms with van der Waals surface area (Å²) in [6.45, 7) is 2.56. The summed E-state index contributed by atoms with van der Waals surface area (Å²) >= 11 is 0. The van der Waals surface area contributed by atoms with E-state index >= 15 is 0 Å². The van der Waals surface area contributed by atoms with E-state index in [0.29, 0.717) is 24.4 Å². The lowest BCUT2D eigenvalue weighted by molar-refractivity contribution is -0.142. The molecule has 0 amide bonds. The van der Waals surface area contributed by atoms with Crippen molar-refractivity contribution < 1.29 is 14.3 Å². The molecule has 0 radical (unpaired) electrons. The van der Waals surface area contributed by atoms with Crippen LogP contribution in [0.4, 0.5) is 0 Å². The fourth-order valence-electron chi connectivity index (χ4n) is 3.26. The van der Waals surface area contributed by atoms with Gasteiger partial charge < -0.3 is 9.52 Å². The second-order valence-electron chi connectivity index (χ2n) is 5.09. The van der Waals surface area contributed by atoms with Crippen molar-refractivity contribution in [2.75, 3.05) is 0 Å². The molecular weight excluding hydrogens is 234 g/mol. The van der Waals surface area contributed by atoms with E-state index in [1.54, 1.807) is 0 Å². The third-order valence-electron chi connectivity index (χ3n) is 4.13. The molecule has 1 N–H and O–H groups in total. The van der Waals surface area contributed by atoms with Gasteiger partial charge in [-0.05, 0) is 19.3 Å². The summed E-state index contributed by atoms with van der Waals surface area (Å²) < 4.78 is 5.50. The molecule has 0 saturated carbocycles. The minimum atomic E-state index is -0.674. The number of fused-ring (bicyclic) bond motifs is 2. The summed E-state index contributed by atoms with van der Waals surface area (Å²) in [7, 11) is 0. The van der Waals surface area contributed by atoms with E-state index in [-0.39, 0.29) is 12.0 Å². The Morgan fingerprint density at radius 2 is 2.22 bits per heavy atom. The molecule has 3 atom stereocenters. The van der Waals surface area contributed by atoms with Gasteiger partial charge in [-0.3, -0.25) is 9.69 Å². The molecule has 98 valence electrons. The maximum Gasteiger partial charge on any atom is 0.308 e. The molecule has 1 aromatic heterocycles. The number of aryl methyl sites for hydroxylation is 1. The topological polar surface area (TPSA) is 79.5 Å². The summed E-state index contributed by atoms with van der Waals surface area (Å²) in [5, 5.41) is 17.1.